The van der Waals surface area contributed by atoms with E-state index in [-0.39, 0.29) is 5.69 Å². The van der Waals surface area contributed by atoms with Crippen molar-refractivity contribution in [3.63, 3.8) is 0 Å². The van der Waals surface area contributed by atoms with Crippen LogP contribution in [0.2, 0.25) is 0 Å². The van der Waals surface area contributed by atoms with Gasteiger partial charge in [-0.15, -0.1) is 0 Å². The van der Waals surface area contributed by atoms with Crippen molar-refractivity contribution in [3.8, 4) is 6.07 Å². The molecule has 2 rings (SSSR count). The third-order valence-electron chi connectivity index (χ3n) is 3.06. The van der Waals surface area contributed by atoms with Gasteiger partial charge in [0.05, 0.1) is 16.2 Å². The highest BCUT2D eigenvalue weighted by Gasteiger charge is 2.13. The third-order valence-corrected chi connectivity index (χ3v) is 3.58. The summed E-state index contributed by atoms with van der Waals surface area (Å²) in [6, 6.07) is 14.2. The molecule has 6 heteroatoms. The molecule has 0 aromatic heterocycles. The first-order valence-electron chi connectivity index (χ1n) is 6.15. The molecule has 0 aliphatic heterocycles. The number of hydrogen-bond donors (Lipinski definition) is 0. The smallest absolute Gasteiger partial charge is 0.270 e. The topological polar surface area (TPSA) is 70.2 Å². The Kier molecular flexibility index (Phi) is 4.55. The van der Waals surface area contributed by atoms with Crippen LogP contribution in [0.3, 0.4) is 0 Å². The Labute approximate surface area is 130 Å². The van der Waals surface area contributed by atoms with Gasteiger partial charge in [-0.3, -0.25) is 10.1 Å². The fourth-order valence-electron chi connectivity index (χ4n) is 2.01. The lowest BCUT2D eigenvalue weighted by atomic mass is 10.1. The minimum atomic E-state index is -0.501. The van der Waals surface area contributed by atoms with E-state index in [1.165, 1.54) is 12.1 Å². The van der Waals surface area contributed by atoms with Crippen LogP contribution in [0.4, 0.5) is 11.4 Å². The van der Waals surface area contributed by atoms with Crippen LogP contribution in [-0.4, -0.2) is 12.0 Å². The van der Waals surface area contributed by atoms with Crippen LogP contribution in [0, 0.1) is 21.4 Å². The summed E-state index contributed by atoms with van der Waals surface area (Å²) in [4.78, 5) is 12.1. The Morgan fingerprint density at radius 2 is 1.95 bits per heavy atom. The first-order chi connectivity index (χ1) is 10.0. The molecule has 21 heavy (non-hydrogen) atoms. The van der Waals surface area contributed by atoms with Gasteiger partial charge in [-0.1, -0.05) is 28.1 Å². The number of nitriles is 1. The normalized spacial score (nSPS) is 9.95. The average molecular weight is 346 g/mol. The lowest BCUT2D eigenvalue weighted by Crippen LogP contribution is -2.17. The van der Waals surface area contributed by atoms with E-state index < -0.39 is 4.92 Å². The van der Waals surface area contributed by atoms with Gasteiger partial charge in [0.25, 0.3) is 5.69 Å². The van der Waals surface area contributed by atoms with Gasteiger partial charge in [-0.2, -0.15) is 5.26 Å². The lowest BCUT2D eigenvalue weighted by Gasteiger charge is -2.20. The maximum Gasteiger partial charge on any atom is 0.270 e. The summed E-state index contributed by atoms with van der Waals surface area (Å²) >= 11 is 3.38. The highest BCUT2D eigenvalue weighted by Crippen LogP contribution is 2.25. The molecular weight excluding hydrogens is 334 g/mol. The van der Waals surface area contributed by atoms with Crippen molar-refractivity contribution in [3.05, 3.63) is 68.2 Å². The molecule has 5 nitrogen and oxygen atoms in total. The van der Waals surface area contributed by atoms with Crippen LogP contribution >= 0.6 is 15.9 Å². The van der Waals surface area contributed by atoms with Gasteiger partial charge in [0.1, 0.15) is 6.07 Å². The molecule has 2 aromatic carbocycles. The van der Waals surface area contributed by atoms with Gasteiger partial charge in [-0.05, 0) is 23.8 Å². The zero-order valence-corrected chi connectivity index (χ0v) is 12.9. The lowest BCUT2D eigenvalue weighted by molar-refractivity contribution is -0.384. The van der Waals surface area contributed by atoms with Crippen molar-refractivity contribution >= 4 is 27.3 Å². The van der Waals surface area contributed by atoms with Gasteiger partial charge in [-0.25, -0.2) is 0 Å². The molecule has 0 fully saturated rings. The summed E-state index contributed by atoms with van der Waals surface area (Å²) in [5, 5.41) is 19.9. The first-order valence-corrected chi connectivity index (χ1v) is 6.94. The van der Waals surface area contributed by atoms with Crippen LogP contribution in [0.1, 0.15) is 11.1 Å². The number of nitro groups is 1. The molecule has 0 atom stereocenters. The van der Waals surface area contributed by atoms with Gasteiger partial charge in [0, 0.05) is 30.2 Å². The van der Waals surface area contributed by atoms with Crippen molar-refractivity contribution in [1.82, 2.24) is 0 Å². The Morgan fingerprint density at radius 3 is 2.52 bits per heavy atom. The summed E-state index contributed by atoms with van der Waals surface area (Å²) < 4.78 is 1.00. The van der Waals surface area contributed by atoms with Crippen LogP contribution in [0.15, 0.2) is 46.9 Å². The summed E-state index contributed by atoms with van der Waals surface area (Å²) in [5.41, 5.74) is 1.98. The Morgan fingerprint density at radius 1 is 1.29 bits per heavy atom. The maximum atomic E-state index is 10.8. The summed E-state index contributed by atoms with van der Waals surface area (Å²) in [6.07, 6.45) is 0. The van der Waals surface area contributed by atoms with Gasteiger partial charge >= 0.3 is 0 Å². The van der Waals surface area contributed by atoms with Crippen molar-refractivity contribution in [1.29, 1.82) is 5.26 Å². The van der Waals surface area contributed by atoms with E-state index in [1.54, 1.807) is 6.07 Å². The Bertz CT molecular complexity index is 708. The molecule has 0 N–H and O–H groups in total. The highest BCUT2D eigenvalue weighted by molar-refractivity contribution is 9.10. The van der Waals surface area contributed by atoms with Crippen LogP contribution in [-0.2, 0) is 6.54 Å². The van der Waals surface area contributed by atoms with E-state index in [0.717, 1.165) is 10.0 Å². The molecule has 106 valence electrons. The zero-order valence-electron chi connectivity index (χ0n) is 11.3. The van der Waals surface area contributed by atoms with Crippen molar-refractivity contribution in [2.45, 2.75) is 6.54 Å². The standard InChI is InChI=1S/C15H12BrN3O2/c1-18(10-11-2-4-13(16)5-3-11)15-7-6-14(19(20)21)8-12(15)9-17/h2-8H,10H2,1H3. The van der Waals surface area contributed by atoms with Gasteiger partial charge in [0.15, 0.2) is 0 Å². The molecular formula is C15H12BrN3O2. The number of anilines is 1. The second-order valence-corrected chi connectivity index (χ2v) is 5.47. The number of non-ortho nitro benzene ring substituents is 1. The molecule has 0 saturated carbocycles. The second kappa shape index (κ2) is 6.37. The molecule has 0 aliphatic carbocycles. The zero-order chi connectivity index (χ0) is 15.4. The fraction of sp³-hybridized carbons (Fsp3) is 0.133. The molecule has 0 saturated heterocycles. The predicted octanol–water partition coefficient (Wildman–Crippen LogP) is 3.87. The van der Waals surface area contributed by atoms with Crippen LogP contribution in [0.25, 0.3) is 0 Å². The summed E-state index contributed by atoms with van der Waals surface area (Å²) in [6.45, 7) is 0.611. The molecule has 0 amide bonds. The minimum Gasteiger partial charge on any atom is -0.369 e. The van der Waals surface area contributed by atoms with Crippen molar-refractivity contribution < 1.29 is 4.92 Å². The molecule has 2 aromatic rings. The van der Waals surface area contributed by atoms with Crippen molar-refractivity contribution in [2.24, 2.45) is 0 Å². The molecule has 0 spiro atoms. The van der Waals surface area contributed by atoms with E-state index in [2.05, 4.69) is 15.9 Å². The summed E-state index contributed by atoms with van der Waals surface area (Å²) in [5.74, 6) is 0. The Balaban J connectivity index is 2.26. The number of halogens is 1. The monoisotopic (exact) mass is 345 g/mol. The number of hydrogen-bond acceptors (Lipinski definition) is 4. The van der Waals surface area contributed by atoms with E-state index in [0.29, 0.717) is 17.8 Å². The maximum absolute atomic E-state index is 10.8. The number of nitro benzene ring substituents is 1. The second-order valence-electron chi connectivity index (χ2n) is 4.55. The number of nitrogens with zero attached hydrogens (tertiary/aromatic N) is 3. The predicted molar refractivity (Wildman–Crippen MR) is 84.1 cm³/mol. The summed E-state index contributed by atoms with van der Waals surface area (Å²) in [7, 11) is 1.85. The minimum absolute atomic E-state index is 0.0765. The van der Waals surface area contributed by atoms with Gasteiger partial charge < -0.3 is 4.90 Å². The fourth-order valence-corrected chi connectivity index (χ4v) is 2.27. The van der Waals surface area contributed by atoms with Crippen molar-refractivity contribution in [2.75, 3.05) is 11.9 Å². The quantitative estimate of drug-likeness (QED) is 0.623. The third kappa shape index (κ3) is 3.58. The number of benzene rings is 2. The molecule has 0 unspecified atom stereocenters. The van der Waals surface area contributed by atoms with Crippen LogP contribution < -0.4 is 4.90 Å². The molecule has 0 bridgehead atoms. The molecule has 0 radical (unpaired) electrons. The molecule has 0 aliphatic rings. The Hall–Kier alpha value is -2.39. The SMILES string of the molecule is CN(Cc1ccc(Br)cc1)c1ccc([N+](=O)[O-])cc1C#N. The van der Waals surface area contributed by atoms with E-state index in [4.69, 9.17) is 0 Å². The average Bonchev–Trinajstić information content (AvgIpc) is 2.48. The highest BCUT2D eigenvalue weighted by atomic mass is 79.9. The first kappa shape index (κ1) is 15.0. The van der Waals surface area contributed by atoms with Gasteiger partial charge in [0.2, 0.25) is 0 Å². The van der Waals surface area contributed by atoms with E-state index in [9.17, 15) is 15.4 Å². The van der Waals surface area contributed by atoms with E-state index in [1.807, 2.05) is 42.3 Å². The van der Waals surface area contributed by atoms with E-state index >= 15 is 0 Å². The van der Waals surface area contributed by atoms with Crippen LogP contribution in [0.5, 0.6) is 0 Å². The largest absolute Gasteiger partial charge is 0.369 e. The molecule has 0 heterocycles. The number of rotatable bonds is 4.